The maximum atomic E-state index is 12.3. The Bertz CT molecular complexity index is 920. The van der Waals surface area contributed by atoms with Gasteiger partial charge in [-0.05, 0) is 67.0 Å². The summed E-state index contributed by atoms with van der Waals surface area (Å²) in [5.41, 5.74) is 4.67. The lowest BCUT2D eigenvalue weighted by atomic mass is 9.90. The number of anilines is 1. The van der Waals surface area contributed by atoms with Crippen LogP contribution < -0.4 is 10.5 Å². The number of carbonyl (C=O) groups is 1. The summed E-state index contributed by atoms with van der Waals surface area (Å²) in [6.07, 6.45) is 4.86. The van der Waals surface area contributed by atoms with Crippen molar-refractivity contribution >= 4 is 21.6 Å². The zero-order valence-corrected chi connectivity index (χ0v) is 15.0. The van der Waals surface area contributed by atoms with Gasteiger partial charge in [-0.1, -0.05) is 24.3 Å². The van der Waals surface area contributed by atoms with Gasteiger partial charge in [-0.15, -0.1) is 0 Å². The van der Waals surface area contributed by atoms with Crippen LogP contribution in [-0.4, -0.2) is 14.3 Å². The molecular weight excluding hydrogens is 336 g/mol. The van der Waals surface area contributed by atoms with E-state index in [9.17, 15) is 13.2 Å². The van der Waals surface area contributed by atoms with E-state index in [4.69, 9.17) is 5.14 Å². The molecular formula is C19H22N2O3S. The number of sulfonamides is 1. The molecule has 1 aliphatic rings. The van der Waals surface area contributed by atoms with Crippen molar-refractivity contribution in [3.63, 3.8) is 0 Å². The minimum Gasteiger partial charge on any atom is -0.326 e. The SMILES string of the molecule is Cc1ccc(NC(=O)Cc2ccc3c(c2)CCCC3)cc1S(N)(=O)=O. The van der Waals surface area contributed by atoms with E-state index >= 15 is 0 Å². The summed E-state index contributed by atoms with van der Waals surface area (Å²) in [7, 11) is -3.81. The Morgan fingerprint density at radius 2 is 1.80 bits per heavy atom. The number of hydrogen-bond acceptors (Lipinski definition) is 3. The molecule has 0 fully saturated rings. The highest BCUT2D eigenvalue weighted by atomic mass is 32.2. The van der Waals surface area contributed by atoms with E-state index in [2.05, 4.69) is 17.4 Å². The molecule has 3 rings (SSSR count). The molecule has 2 aromatic rings. The van der Waals surface area contributed by atoms with Gasteiger partial charge in [0.2, 0.25) is 15.9 Å². The van der Waals surface area contributed by atoms with Gasteiger partial charge in [0.1, 0.15) is 0 Å². The Kier molecular flexibility index (Phi) is 4.92. The van der Waals surface area contributed by atoms with Gasteiger partial charge < -0.3 is 5.32 Å². The monoisotopic (exact) mass is 358 g/mol. The predicted octanol–water partition coefficient (Wildman–Crippen LogP) is 2.70. The molecule has 3 N–H and O–H groups in total. The van der Waals surface area contributed by atoms with Crippen LogP contribution in [0.15, 0.2) is 41.3 Å². The van der Waals surface area contributed by atoms with Crippen LogP contribution in [0.2, 0.25) is 0 Å². The average Bonchev–Trinajstić information content (AvgIpc) is 2.55. The summed E-state index contributed by atoms with van der Waals surface area (Å²) >= 11 is 0. The van der Waals surface area contributed by atoms with Gasteiger partial charge in [-0.2, -0.15) is 0 Å². The van der Waals surface area contributed by atoms with Crippen LogP contribution >= 0.6 is 0 Å². The standard InChI is InChI=1S/C19H22N2O3S/c1-13-6-9-17(12-18(13)25(20,23)24)21-19(22)11-14-7-8-15-4-2-3-5-16(15)10-14/h6-10,12H,2-5,11H2,1H3,(H,21,22)(H2,20,23,24). The Morgan fingerprint density at radius 3 is 2.52 bits per heavy atom. The second-order valence-electron chi connectivity index (χ2n) is 6.56. The average molecular weight is 358 g/mol. The number of rotatable bonds is 4. The third kappa shape index (κ3) is 4.27. The van der Waals surface area contributed by atoms with Gasteiger partial charge >= 0.3 is 0 Å². The number of fused-ring (bicyclic) bond motifs is 1. The van der Waals surface area contributed by atoms with E-state index in [1.807, 2.05) is 6.07 Å². The molecule has 1 amide bonds. The first-order valence-electron chi connectivity index (χ1n) is 8.37. The summed E-state index contributed by atoms with van der Waals surface area (Å²) < 4.78 is 23.2. The van der Waals surface area contributed by atoms with Crippen LogP contribution in [-0.2, 0) is 34.1 Å². The molecule has 5 nitrogen and oxygen atoms in total. The van der Waals surface area contributed by atoms with Gasteiger partial charge in [0.15, 0.2) is 0 Å². The zero-order chi connectivity index (χ0) is 18.0. The summed E-state index contributed by atoms with van der Waals surface area (Å²) in [6, 6.07) is 10.9. The normalized spacial score (nSPS) is 14.0. The second-order valence-corrected chi connectivity index (χ2v) is 8.09. The van der Waals surface area contributed by atoms with E-state index in [0.717, 1.165) is 18.4 Å². The van der Waals surface area contributed by atoms with Crippen LogP contribution in [0.25, 0.3) is 0 Å². The Morgan fingerprint density at radius 1 is 1.08 bits per heavy atom. The van der Waals surface area contributed by atoms with Crippen molar-refractivity contribution in [3.8, 4) is 0 Å². The van der Waals surface area contributed by atoms with Crippen molar-refractivity contribution in [2.75, 3.05) is 5.32 Å². The Hall–Kier alpha value is -2.18. The Labute approximate surface area is 148 Å². The molecule has 0 spiro atoms. The van der Waals surface area contributed by atoms with E-state index in [-0.39, 0.29) is 17.2 Å². The largest absolute Gasteiger partial charge is 0.326 e. The number of amides is 1. The third-order valence-electron chi connectivity index (χ3n) is 4.56. The number of aryl methyl sites for hydroxylation is 3. The predicted molar refractivity (Wildman–Crippen MR) is 98.0 cm³/mol. The molecule has 0 aliphatic heterocycles. The van der Waals surface area contributed by atoms with Gasteiger partial charge in [-0.3, -0.25) is 4.79 Å². The first-order chi connectivity index (χ1) is 11.8. The van der Waals surface area contributed by atoms with Crippen LogP contribution in [0.1, 0.15) is 35.1 Å². The molecule has 0 heterocycles. The summed E-state index contributed by atoms with van der Waals surface area (Å²) in [6.45, 7) is 1.67. The first kappa shape index (κ1) is 17.6. The van der Waals surface area contributed by atoms with Crippen molar-refractivity contribution in [1.82, 2.24) is 0 Å². The van der Waals surface area contributed by atoms with Gasteiger partial charge in [-0.25, -0.2) is 13.6 Å². The molecule has 0 radical (unpaired) electrons. The summed E-state index contributed by atoms with van der Waals surface area (Å²) in [5.74, 6) is -0.181. The number of benzene rings is 2. The van der Waals surface area contributed by atoms with E-state index in [1.54, 1.807) is 19.1 Å². The molecule has 0 atom stereocenters. The fourth-order valence-electron chi connectivity index (χ4n) is 3.27. The highest BCUT2D eigenvalue weighted by Crippen LogP contribution is 2.23. The molecule has 2 aromatic carbocycles. The zero-order valence-electron chi connectivity index (χ0n) is 14.2. The maximum Gasteiger partial charge on any atom is 0.238 e. The van der Waals surface area contributed by atoms with Crippen LogP contribution in [0.3, 0.4) is 0 Å². The fourth-order valence-corrected chi connectivity index (χ4v) is 4.08. The van der Waals surface area contributed by atoms with Crippen molar-refractivity contribution in [1.29, 1.82) is 0 Å². The second kappa shape index (κ2) is 6.98. The fraction of sp³-hybridized carbons (Fsp3) is 0.316. The molecule has 0 unspecified atom stereocenters. The van der Waals surface area contributed by atoms with Crippen LogP contribution in [0, 0.1) is 6.92 Å². The molecule has 0 saturated heterocycles. The van der Waals surface area contributed by atoms with Crippen molar-refractivity contribution in [2.24, 2.45) is 5.14 Å². The van der Waals surface area contributed by atoms with Gasteiger partial charge in [0.05, 0.1) is 11.3 Å². The van der Waals surface area contributed by atoms with Crippen LogP contribution in [0.5, 0.6) is 0 Å². The third-order valence-corrected chi connectivity index (χ3v) is 5.61. The molecule has 0 saturated carbocycles. The molecule has 132 valence electrons. The lowest BCUT2D eigenvalue weighted by Crippen LogP contribution is -2.17. The first-order valence-corrected chi connectivity index (χ1v) is 9.91. The molecule has 6 heteroatoms. The van der Waals surface area contributed by atoms with Crippen molar-refractivity contribution in [2.45, 2.75) is 43.9 Å². The number of nitrogens with two attached hydrogens (primary N) is 1. The highest BCUT2D eigenvalue weighted by Gasteiger charge is 2.14. The lowest BCUT2D eigenvalue weighted by Gasteiger charge is -2.16. The number of primary sulfonamides is 1. The number of carbonyl (C=O) groups excluding carboxylic acids is 1. The van der Waals surface area contributed by atoms with E-state index in [0.29, 0.717) is 11.3 Å². The van der Waals surface area contributed by atoms with Crippen molar-refractivity contribution < 1.29 is 13.2 Å². The van der Waals surface area contributed by atoms with E-state index in [1.165, 1.54) is 30.0 Å². The molecule has 0 bridgehead atoms. The molecule has 1 aliphatic carbocycles. The highest BCUT2D eigenvalue weighted by molar-refractivity contribution is 7.89. The number of nitrogens with one attached hydrogen (secondary N) is 1. The quantitative estimate of drug-likeness (QED) is 0.880. The van der Waals surface area contributed by atoms with Gasteiger partial charge in [0.25, 0.3) is 0 Å². The van der Waals surface area contributed by atoms with Gasteiger partial charge in [0, 0.05) is 5.69 Å². The number of hydrogen-bond donors (Lipinski definition) is 2. The summed E-state index contributed by atoms with van der Waals surface area (Å²) in [5, 5.41) is 7.96. The lowest BCUT2D eigenvalue weighted by molar-refractivity contribution is -0.115. The minimum atomic E-state index is -3.81. The maximum absolute atomic E-state index is 12.3. The van der Waals surface area contributed by atoms with Crippen molar-refractivity contribution in [3.05, 3.63) is 58.7 Å². The minimum absolute atomic E-state index is 0.0269. The smallest absolute Gasteiger partial charge is 0.238 e. The Balaban J connectivity index is 1.73. The molecule has 0 aromatic heterocycles. The van der Waals surface area contributed by atoms with Crippen LogP contribution in [0.4, 0.5) is 5.69 Å². The summed E-state index contributed by atoms with van der Waals surface area (Å²) in [4.78, 5) is 12.3. The topological polar surface area (TPSA) is 89.3 Å². The van der Waals surface area contributed by atoms with E-state index < -0.39 is 10.0 Å². The molecule has 25 heavy (non-hydrogen) atoms.